The predicted octanol–water partition coefficient (Wildman–Crippen LogP) is 2.79. The van der Waals surface area contributed by atoms with Crippen LogP contribution in [-0.4, -0.2) is 49.1 Å². The Hall–Kier alpha value is -1.62. The van der Waals surface area contributed by atoms with Crippen LogP contribution in [0.1, 0.15) is 43.0 Å². The molecule has 5 nitrogen and oxygen atoms in total. The zero-order valence-electron chi connectivity index (χ0n) is 13.8. The highest BCUT2D eigenvalue weighted by atomic mass is 16.5. The number of nitrogens with zero attached hydrogens (tertiary/aromatic N) is 2. The van der Waals surface area contributed by atoms with Crippen molar-refractivity contribution in [1.82, 2.24) is 9.88 Å². The van der Waals surface area contributed by atoms with Gasteiger partial charge in [-0.15, -0.1) is 0 Å². The van der Waals surface area contributed by atoms with Crippen LogP contribution in [0, 0.1) is 5.92 Å². The molecule has 0 radical (unpaired) electrons. The molecule has 0 aromatic carbocycles. The molecule has 2 atom stereocenters. The lowest BCUT2D eigenvalue weighted by atomic mass is 9.88. The van der Waals surface area contributed by atoms with Crippen LogP contribution in [0.15, 0.2) is 18.3 Å². The number of aromatic nitrogens is 1. The van der Waals surface area contributed by atoms with E-state index in [1.165, 1.54) is 25.7 Å². The largest absolute Gasteiger partial charge is 0.376 e. The van der Waals surface area contributed by atoms with Gasteiger partial charge < -0.3 is 15.0 Å². The Balaban J connectivity index is 1.72. The Morgan fingerprint density at radius 3 is 2.77 bits per heavy atom. The van der Waals surface area contributed by atoms with Gasteiger partial charge in [-0.2, -0.15) is 0 Å². The molecular formula is C17H27N3O2. The molecule has 1 aromatic rings. The summed E-state index contributed by atoms with van der Waals surface area (Å²) in [4.78, 5) is 17.6. The minimum atomic E-state index is -0.0336. The number of rotatable bonds is 6. The maximum absolute atomic E-state index is 11.8. The topological polar surface area (TPSA) is 54.5 Å². The molecule has 2 rings (SSSR count). The summed E-state index contributed by atoms with van der Waals surface area (Å²) in [5.74, 6) is 1.41. The molecule has 22 heavy (non-hydrogen) atoms. The molecule has 1 fully saturated rings. The number of carbonyl (C=O) groups excluding carboxylic acids is 1. The summed E-state index contributed by atoms with van der Waals surface area (Å²) >= 11 is 0. The molecule has 1 aliphatic rings. The molecule has 2 unspecified atom stereocenters. The van der Waals surface area contributed by atoms with E-state index in [1.807, 2.05) is 6.07 Å². The number of ether oxygens (including phenoxy) is 1. The van der Waals surface area contributed by atoms with Gasteiger partial charge in [0.15, 0.2) is 0 Å². The van der Waals surface area contributed by atoms with Gasteiger partial charge in [-0.1, -0.05) is 19.8 Å². The van der Waals surface area contributed by atoms with E-state index < -0.39 is 0 Å². The monoisotopic (exact) mass is 305 g/mol. The zero-order valence-corrected chi connectivity index (χ0v) is 13.8. The van der Waals surface area contributed by atoms with Crippen molar-refractivity contribution in [3.8, 4) is 0 Å². The lowest BCUT2D eigenvalue weighted by Gasteiger charge is -2.28. The van der Waals surface area contributed by atoms with Gasteiger partial charge in [0.2, 0.25) is 0 Å². The van der Waals surface area contributed by atoms with E-state index in [4.69, 9.17) is 4.74 Å². The molecule has 0 saturated heterocycles. The number of hydrogen-bond donors (Lipinski definition) is 1. The smallest absolute Gasteiger partial charge is 0.254 e. The number of carbonyl (C=O) groups is 1. The molecule has 122 valence electrons. The van der Waals surface area contributed by atoms with Crippen LogP contribution < -0.4 is 5.32 Å². The summed E-state index contributed by atoms with van der Waals surface area (Å²) in [7, 11) is 3.47. The Morgan fingerprint density at radius 1 is 1.36 bits per heavy atom. The number of amides is 1. The van der Waals surface area contributed by atoms with Crippen molar-refractivity contribution in [1.29, 1.82) is 0 Å². The standard InChI is InChI=1S/C17H27N3O2/c1-13-6-4-5-7-15(13)22-11-10-18-16-9-8-14(12-19-16)17(21)20(2)3/h8-9,12-13,15H,4-7,10-11H2,1-3H3,(H,18,19). The summed E-state index contributed by atoms with van der Waals surface area (Å²) in [6.07, 6.45) is 7.09. The third-order valence-electron chi connectivity index (χ3n) is 4.19. The van der Waals surface area contributed by atoms with Crippen molar-refractivity contribution in [2.75, 3.05) is 32.6 Å². The predicted molar refractivity (Wildman–Crippen MR) is 88.1 cm³/mol. The maximum atomic E-state index is 11.8. The molecule has 1 aliphatic carbocycles. The van der Waals surface area contributed by atoms with Gasteiger partial charge in [0.05, 0.1) is 18.3 Å². The Kier molecular flexibility index (Phi) is 6.19. The first kappa shape index (κ1) is 16.7. The van der Waals surface area contributed by atoms with Gasteiger partial charge in [-0.3, -0.25) is 4.79 Å². The minimum Gasteiger partial charge on any atom is -0.376 e. The quantitative estimate of drug-likeness (QED) is 0.821. The molecule has 0 bridgehead atoms. The maximum Gasteiger partial charge on any atom is 0.254 e. The Labute approximate surface area is 133 Å². The second-order valence-electron chi connectivity index (χ2n) is 6.23. The van der Waals surface area contributed by atoms with Gasteiger partial charge in [-0.05, 0) is 30.9 Å². The molecule has 1 saturated carbocycles. The molecule has 1 amide bonds. The van der Waals surface area contributed by atoms with Crippen molar-refractivity contribution < 1.29 is 9.53 Å². The van der Waals surface area contributed by atoms with E-state index in [2.05, 4.69) is 17.2 Å². The van der Waals surface area contributed by atoms with Crippen LogP contribution in [0.4, 0.5) is 5.82 Å². The SMILES string of the molecule is CC1CCCCC1OCCNc1ccc(C(=O)N(C)C)cn1. The van der Waals surface area contributed by atoms with E-state index in [1.54, 1.807) is 31.3 Å². The van der Waals surface area contributed by atoms with Crippen molar-refractivity contribution >= 4 is 11.7 Å². The summed E-state index contributed by atoms with van der Waals surface area (Å²) < 4.78 is 5.96. The van der Waals surface area contributed by atoms with Crippen molar-refractivity contribution in [3.05, 3.63) is 23.9 Å². The van der Waals surface area contributed by atoms with Gasteiger partial charge in [0.25, 0.3) is 5.91 Å². The highest BCUT2D eigenvalue weighted by molar-refractivity contribution is 5.93. The third-order valence-corrected chi connectivity index (χ3v) is 4.19. The molecular weight excluding hydrogens is 278 g/mol. The van der Waals surface area contributed by atoms with Crippen LogP contribution in [0.25, 0.3) is 0 Å². The van der Waals surface area contributed by atoms with Crippen LogP contribution in [0.2, 0.25) is 0 Å². The fourth-order valence-corrected chi connectivity index (χ4v) is 2.80. The number of nitrogens with one attached hydrogen (secondary N) is 1. The van der Waals surface area contributed by atoms with Crippen molar-refractivity contribution in [2.45, 2.75) is 38.7 Å². The van der Waals surface area contributed by atoms with E-state index in [0.717, 1.165) is 12.4 Å². The first-order valence-corrected chi connectivity index (χ1v) is 8.11. The Bertz CT molecular complexity index is 473. The van der Waals surface area contributed by atoms with Crippen LogP contribution in [-0.2, 0) is 4.74 Å². The fourth-order valence-electron chi connectivity index (χ4n) is 2.80. The van der Waals surface area contributed by atoms with E-state index in [9.17, 15) is 4.79 Å². The molecule has 0 aliphatic heterocycles. The second-order valence-corrected chi connectivity index (χ2v) is 6.23. The molecule has 1 N–H and O–H groups in total. The average molecular weight is 305 g/mol. The fraction of sp³-hybridized carbons (Fsp3) is 0.647. The number of anilines is 1. The first-order valence-electron chi connectivity index (χ1n) is 8.11. The van der Waals surface area contributed by atoms with Gasteiger partial charge in [0.1, 0.15) is 5.82 Å². The highest BCUT2D eigenvalue weighted by Crippen LogP contribution is 2.26. The summed E-state index contributed by atoms with van der Waals surface area (Å²) in [6, 6.07) is 3.63. The zero-order chi connectivity index (χ0) is 15.9. The highest BCUT2D eigenvalue weighted by Gasteiger charge is 2.21. The van der Waals surface area contributed by atoms with E-state index >= 15 is 0 Å². The average Bonchev–Trinajstić information content (AvgIpc) is 2.53. The summed E-state index contributed by atoms with van der Waals surface area (Å²) in [6.45, 7) is 3.70. The van der Waals surface area contributed by atoms with Crippen LogP contribution in [0.5, 0.6) is 0 Å². The van der Waals surface area contributed by atoms with Gasteiger partial charge >= 0.3 is 0 Å². The number of pyridine rings is 1. The first-order chi connectivity index (χ1) is 10.6. The van der Waals surface area contributed by atoms with Crippen LogP contribution >= 0.6 is 0 Å². The van der Waals surface area contributed by atoms with E-state index in [0.29, 0.717) is 24.2 Å². The van der Waals surface area contributed by atoms with E-state index in [-0.39, 0.29) is 5.91 Å². The minimum absolute atomic E-state index is 0.0336. The molecule has 5 heteroatoms. The van der Waals surface area contributed by atoms with Crippen molar-refractivity contribution in [3.63, 3.8) is 0 Å². The van der Waals surface area contributed by atoms with Crippen LogP contribution in [0.3, 0.4) is 0 Å². The number of hydrogen-bond acceptors (Lipinski definition) is 4. The van der Waals surface area contributed by atoms with Gasteiger partial charge in [-0.25, -0.2) is 4.98 Å². The molecule has 0 spiro atoms. The Morgan fingerprint density at radius 2 is 2.14 bits per heavy atom. The third kappa shape index (κ3) is 4.70. The normalized spacial score (nSPS) is 21.4. The lowest BCUT2D eigenvalue weighted by Crippen LogP contribution is -2.27. The van der Waals surface area contributed by atoms with Gasteiger partial charge in [0, 0.05) is 26.8 Å². The van der Waals surface area contributed by atoms with Crippen molar-refractivity contribution in [2.24, 2.45) is 5.92 Å². The lowest BCUT2D eigenvalue weighted by molar-refractivity contribution is 0.000372. The summed E-state index contributed by atoms with van der Waals surface area (Å²) in [5, 5.41) is 3.23. The molecule has 1 heterocycles. The second kappa shape index (κ2) is 8.13. The summed E-state index contributed by atoms with van der Waals surface area (Å²) in [5.41, 5.74) is 0.600. The molecule has 1 aromatic heterocycles.